The zero-order chi connectivity index (χ0) is 23.6. The van der Waals surface area contributed by atoms with E-state index in [0.29, 0.717) is 53.9 Å². The van der Waals surface area contributed by atoms with Crippen LogP contribution in [0, 0.1) is 40.4 Å². The van der Waals surface area contributed by atoms with E-state index < -0.39 is 5.91 Å². The van der Waals surface area contributed by atoms with Crippen LogP contribution in [0.5, 0.6) is 0 Å². The second kappa shape index (κ2) is 10.2. The third kappa shape index (κ3) is 4.84. The van der Waals surface area contributed by atoms with Crippen molar-refractivity contribution in [1.82, 2.24) is 10.8 Å². The molecule has 0 saturated heterocycles. The number of carbonyl (C=O) groups is 2. The van der Waals surface area contributed by atoms with Gasteiger partial charge in [-0.25, -0.2) is 5.48 Å². The van der Waals surface area contributed by atoms with Crippen molar-refractivity contribution in [1.29, 1.82) is 0 Å². The summed E-state index contributed by atoms with van der Waals surface area (Å²) in [7, 11) is 0. The van der Waals surface area contributed by atoms with Crippen molar-refractivity contribution in [3.63, 3.8) is 0 Å². The molecule has 8 atom stereocenters. The molecule has 4 aliphatic carbocycles. The number of hydroxylamine groups is 1. The summed E-state index contributed by atoms with van der Waals surface area (Å²) in [4.78, 5) is 23.2. The van der Waals surface area contributed by atoms with E-state index in [1.54, 1.807) is 5.48 Å². The minimum atomic E-state index is -0.418. The number of aliphatic hydroxyl groups excluding tert-OH is 1. The second-order valence-electron chi connectivity index (χ2n) is 12.2. The molecular formula is C27H46N2O4. The lowest BCUT2D eigenvalue weighted by molar-refractivity contribution is -0.162. The van der Waals surface area contributed by atoms with E-state index in [2.05, 4.69) is 19.2 Å². The molecule has 4 fully saturated rings. The van der Waals surface area contributed by atoms with Crippen molar-refractivity contribution in [2.45, 2.75) is 110 Å². The fraction of sp³-hybridized carbons (Fsp3) is 0.926. The zero-order valence-electron chi connectivity index (χ0n) is 20.8. The zero-order valence-corrected chi connectivity index (χ0v) is 20.8. The standard InChI is InChI=1S/C27H46N2O4/c1-26-14-4-3-7-19(26)17-22(30)25-20-12-11-18(27(20,2)15-13-21(25)26)8-5-9-23(31)28-16-6-10-24(32)29-33/h18-22,25,30,33H,3-17H2,1-2H3,(H,28,31)(H,29,32)/t18?,19?,20?,21?,22-,25?,26?,27+/m0/s1. The largest absolute Gasteiger partial charge is 0.393 e. The summed E-state index contributed by atoms with van der Waals surface area (Å²) < 4.78 is 0. The van der Waals surface area contributed by atoms with Crippen molar-refractivity contribution in [2.24, 2.45) is 40.4 Å². The SMILES string of the molecule is CC12CCCCC1C[C@H](O)C1C2CC[C@]2(C)C(CCCC(=O)NCCCC(=O)NO)CCC12. The first-order chi connectivity index (χ1) is 15.8. The lowest BCUT2D eigenvalue weighted by Gasteiger charge is -2.62. The number of nitrogens with one attached hydrogen (secondary N) is 2. The van der Waals surface area contributed by atoms with Crippen LogP contribution in [-0.2, 0) is 9.59 Å². The van der Waals surface area contributed by atoms with Crippen molar-refractivity contribution in [3.8, 4) is 0 Å². The number of hydrogen-bond acceptors (Lipinski definition) is 4. The summed E-state index contributed by atoms with van der Waals surface area (Å²) in [6, 6.07) is 0. The van der Waals surface area contributed by atoms with Gasteiger partial charge in [0.1, 0.15) is 0 Å². The van der Waals surface area contributed by atoms with Gasteiger partial charge in [-0.05, 0) is 105 Å². The Morgan fingerprint density at radius 2 is 1.67 bits per heavy atom. The molecule has 6 nitrogen and oxygen atoms in total. The predicted molar refractivity (Wildman–Crippen MR) is 127 cm³/mol. The summed E-state index contributed by atoms with van der Waals surface area (Å²) in [5.41, 5.74) is 2.37. The number of aliphatic hydroxyl groups is 1. The fourth-order valence-corrected chi connectivity index (χ4v) is 8.97. The maximum Gasteiger partial charge on any atom is 0.243 e. The van der Waals surface area contributed by atoms with Gasteiger partial charge < -0.3 is 10.4 Å². The van der Waals surface area contributed by atoms with Gasteiger partial charge in [0.25, 0.3) is 0 Å². The molecule has 0 radical (unpaired) electrons. The Bertz CT molecular complexity index is 714. The van der Waals surface area contributed by atoms with Crippen LogP contribution >= 0.6 is 0 Å². The third-order valence-electron chi connectivity index (χ3n) is 10.8. The van der Waals surface area contributed by atoms with Crippen molar-refractivity contribution < 1.29 is 19.9 Å². The van der Waals surface area contributed by atoms with Gasteiger partial charge in [-0.2, -0.15) is 0 Å². The molecule has 188 valence electrons. The maximum absolute atomic E-state index is 12.2. The predicted octanol–water partition coefficient (Wildman–Crippen LogP) is 4.58. The topological polar surface area (TPSA) is 98.7 Å². The molecule has 4 rings (SSSR count). The molecule has 4 aliphatic rings. The Labute approximate surface area is 199 Å². The van der Waals surface area contributed by atoms with Crippen LogP contribution in [0.1, 0.15) is 104 Å². The molecule has 0 aromatic heterocycles. The van der Waals surface area contributed by atoms with E-state index in [0.717, 1.165) is 25.2 Å². The number of fused-ring (bicyclic) bond motifs is 5. The van der Waals surface area contributed by atoms with Crippen molar-refractivity contribution in [2.75, 3.05) is 6.54 Å². The van der Waals surface area contributed by atoms with Gasteiger partial charge in [0, 0.05) is 19.4 Å². The molecule has 0 heterocycles. The summed E-state index contributed by atoms with van der Waals surface area (Å²) >= 11 is 0. The first kappa shape index (κ1) is 25.0. The Balaban J connectivity index is 1.29. The Morgan fingerprint density at radius 1 is 0.909 bits per heavy atom. The van der Waals surface area contributed by atoms with Crippen LogP contribution in [0.25, 0.3) is 0 Å². The van der Waals surface area contributed by atoms with Crippen molar-refractivity contribution >= 4 is 11.8 Å². The van der Waals surface area contributed by atoms with Crippen LogP contribution in [0.2, 0.25) is 0 Å². The highest BCUT2D eigenvalue weighted by Gasteiger charge is 2.61. The number of carbonyl (C=O) groups excluding carboxylic acids is 2. The third-order valence-corrected chi connectivity index (χ3v) is 10.8. The normalized spacial score (nSPS) is 42.1. The molecule has 0 aliphatic heterocycles. The average molecular weight is 463 g/mol. The van der Waals surface area contributed by atoms with Crippen LogP contribution in [-0.4, -0.2) is 34.8 Å². The Kier molecular flexibility index (Phi) is 7.74. The number of amides is 2. The van der Waals surface area contributed by atoms with Gasteiger partial charge in [-0.15, -0.1) is 0 Å². The molecule has 33 heavy (non-hydrogen) atoms. The lowest BCUT2D eigenvalue weighted by Crippen LogP contribution is -2.57. The second-order valence-corrected chi connectivity index (χ2v) is 12.2. The van der Waals surface area contributed by atoms with E-state index in [1.165, 1.54) is 51.4 Å². The molecule has 4 saturated carbocycles. The smallest absolute Gasteiger partial charge is 0.243 e. The lowest BCUT2D eigenvalue weighted by atomic mass is 9.44. The molecule has 0 aromatic rings. The van der Waals surface area contributed by atoms with Gasteiger partial charge in [-0.3, -0.25) is 14.8 Å². The first-order valence-electron chi connectivity index (χ1n) is 13.7. The quantitative estimate of drug-likeness (QED) is 0.241. The van der Waals surface area contributed by atoms with Gasteiger partial charge in [0.15, 0.2) is 0 Å². The van der Waals surface area contributed by atoms with E-state index >= 15 is 0 Å². The van der Waals surface area contributed by atoms with E-state index in [-0.39, 0.29) is 18.4 Å². The highest BCUT2D eigenvalue weighted by Crippen LogP contribution is 2.67. The van der Waals surface area contributed by atoms with Crippen molar-refractivity contribution in [3.05, 3.63) is 0 Å². The highest BCUT2D eigenvalue weighted by molar-refractivity contribution is 5.76. The summed E-state index contributed by atoms with van der Waals surface area (Å²) in [6.45, 7) is 5.53. The van der Waals surface area contributed by atoms with Crippen LogP contribution in [0.15, 0.2) is 0 Å². The van der Waals surface area contributed by atoms with Gasteiger partial charge in [0.05, 0.1) is 6.10 Å². The minimum Gasteiger partial charge on any atom is -0.393 e. The van der Waals surface area contributed by atoms with Gasteiger partial charge in [-0.1, -0.05) is 26.7 Å². The maximum atomic E-state index is 12.2. The van der Waals surface area contributed by atoms with E-state index in [9.17, 15) is 14.7 Å². The molecule has 2 amide bonds. The number of rotatable bonds is 8. The van der Waals surface area contributed by atoms with Gasteiger partial charge >= 0.3 is 0 Å². The highest BCUT2D eigenvalue weighted by atomic mass is 16.5. The molecule has 0 spiro atoms. The molecule has 6 unspecified atom stereocenters. The average Bonchev–Trinajstić information content (AvgIpc) is 3.13. The monoisotopic (exact) mass is 462 g/mol. The Hall–Kier alpha value is -1.14. The molecular weight excluding hydrogens is 416 g/mol. The van der Waals surface area contributed by atoms with E-state index in [4.69, 9.17) is 5.21 Å². The van der Waals surface area contributed by atoms with Crippen LogP contribution in [0.3, 0.4) is 0 Å². The summed E-state index contributed by atoms with van der Waals surface area (Å²) in [5, 5.41) is 22.7. The Morgan fingerprint density at radius 3 is 2.45 bits per heavy atom. The molecule has 0 aromatic carbocycles. The number of hydrogen-bond donors (Lipinski definition) is 4. The molecule has 6 heteroatoms. The first-order valence-corrected chi connectivity index (χ1v) is 13.7. The molecule has 4 N–H and O–H groups in total. The summed E-state index contributed by atoms with van der Waals surface area (Å²) in [5.74, 6) is 2.84. The van der Waals surface area contributed by atoms with Crippen LogP contribution in [0.4, 0.5) is 0 Å². The van der Waals surface area contributed by atoms with Gasteiger partial charge in [0.2, 0.25) is 11.8 Å². The van der Waals surface area contributed by atoms with E-state index in [1.807, 2.05) is 0 Å². The summed E-state index contributed by atoms with van der Waals surface area (Å²) in [6.07, 6.45) is 14.7. The molecule has 0 bridgehead atoms. The van der Waals surface area contributed by atoms with Crippen LogP contribution < -0.4 is 10.8 Å². The fourth-order valence-electron chi connectivity index (χ4n) is 8.97. The minimum absolute atomic E-state index is 0.0572.